The maximum atomic E-state index is 11.0. The summed E-state index contributed by atoms with van der Waals surface area (Å²) in [5, 5.41) is 11.0. The van der Waals surface area contributed by atoms with Crippen molar-refractivity contribution in [3.05, 3.63) is 64.5 Å². The van der Waals surface area contributed by atoms with Crippen molar-refractivity contribution in [1.82, 2.24) is 14.5 Å². The third-order valence-electron chi connectivity index (χ3n) is 5.02. The Balaban J connectivity index is 1.42. The molecule has 4 rings (SSSR count). The van der Waals surface area contributed by atoms with Gasteiger partial charge in [0.05, 0.1) is 22.5 Å². The Morgan fingerprint density at radius 1 is 1.08 bits per heavy atom. The number of aryl methyl sites for hydroxylation is 1. The van der Waals surface area contributed by atoms with Gasteiger partial charge in [-0.05, 0) is 18.2 Å². The molecule has 1 aliphatic rings. The monoisotopic (exact) mass is 351 g/mol. The summed E-state index contributed by atoms with van der Waals surface area (Å²) >= 11 is 0. The predicted molar refractivity (Wildman–Crippen MR) is 101 cm³/mol. The maximum Gasteiger partial charge on any atom is 0.271 e. The molecule has 1 fully saturated rings. The van der Waals surface area contributed by atoms with E-state index in [-0.39, 0.29) is 10.6 Å². The van der Waals surface area contributed by atoms with Gasteiger partial charge in [-0.15, -0.1) is 0 Å². The number of piperazine rings is 1. The lowest BCUT2D eigenvalue weighted by molar-refractivity contribution is -0.384. The highest BCUT2D eigenvalue weighted by Crippen LogP contribution is 2.23. The first-order chi connectivity index (χ1) is 12.6. The van der Waals surface area contributed by atoms with Crippen LogP contribution in [-0.4, -0.2) is 45.6 Å². The van der Waals surface area contributed by atoms with Gasteiger partial charge in [-0.1, -0.05) is 18.2 Å². The first-order valence-electron chi connectivity index (χ1n) is 8.74. The first kappa shape index (κ1) is 16.5. The SMILES string of the molecule is Cn1c(CN2CCN(c3cccc([N+](=O)[O-])c3)CC2)nc2ccccc21. The summed E-state index contributed by atoms with van der Waals surface area (Å²) in [5.74, 6) is 1.06. The largest absolute Gasteiger partial charge is 0.369 e. The van der Waals surface area contributed by atoms with Gasteiger partial charge in [0.2, 0.25) is 0 Å². The molecule has 1 saturated heterocycles. The van der Waals surface area contributed by atoms with Crippen LogP contribution in [0.15, 0.2) is 48.5 Å². The summed E-state index contributed by atoms with van der Waals surface area (Å²) in [5.41, 5.74) is 3.24. The van der Waals surface area contributed by atoms with Gasteiger partial charge >= 0.3 is 0 Å². The van der Waals surface area contributed by atoms with Crippen molar-refractivity contribution in [2.75, 3.05) is 31.1 Å². The van der Waals surface area contributed by atoms with E-state index in [0.717, 1.165) is 55.3 Å². The smallest absolute Gasteiger partial charge is 0.271 e. The molecule has 0 aliphatic carbocycles. The van der Waals surface area contributed by atoms with Crippen LogP contribution in [0.1, 0.15) is 5.82 Å². The Bertz CT molecular complexity index is 944. The van der Waals surface area contributed by atoms with Crippen LogP contribution < -0.4 is 4.90 Å². The highest BCUT2D eigenvalue weighted by atomic mass is 16.6. The Labute approximate surface area is 151 Å². The number of nitro groups is 1. The Kier molecular flexibility index (Phi) is 4.30. The van der Waals surface area contributed by atoms with Crippen LogP contribution in [0.4, 0.5) is 11.4 Å². The molecule has 3 aromatic rings. The van der Waals surface area contributed by atoms with Crippen molar-refractivity contribution >= 4 is 22.4 Å². The molecule has 7 heteroatoms. The number of anilines is 1. The van der Waals surface area contributed by atoms with E-state index in [1.165, 1.54) is 6.07 Å². The second kappa shape index (κ2) is 6.76. The van der Waals surface area contributed by atoms with E-state index in [1.54, 1.807) is 12.1 Å². The van der Waals surface area contributed by atoms with Crippen LogP contribution in [0.2, 0.25) is 0 Å². The first-order valence-corrected chi connectivity index (χ1v) is 8.74. The highest BCUT2D eigenvalue weighted by molar-refractivity contribution is 5.75. The Morgan fingerprint density at radius 3 is 2.58 bits per heavy atom. The van der Waals surface area contributed by atoms with E-state index in [9.17, 15) is 10.1 Å². The number of para-hydroxylation sites is 2. The lowest BCUT2D eigenvalue weighted by atomic mass is 10.2. The van der Waals surface area contributed by atoms with Gasteiger partial charge in [0.1, 0.15) is 5.82 Å². The molecule has 0 bridgehead atoms. The van der Waals surface area contributed by atoms with Crippen LogP contribution >= 0.6 is 0 Å². The van der Waals surface area contributed by atoms with Crippen LogP contribution in [0, 0.1) is 10.1 Å². The molecule has 0 radical (unpaired) electrons. The van der Waals surface area contributed by atoms with Crippen molar-refractivity contribution in [2.45, 2.75) is 6.54 Å². The number of non-ortho nitro benzene ring substituents is 1. The second-order valence-corrected chi connectivity index (χ2v) is 6.62. The summed E-state index contributed by atoms with van der Waals surface area (Å²) < 4.78 is 2.16. The lowest BCUT2D eigenvalue weighted by Crippen LogP contribution is -2.46. The average Bonchev–Trinajstić information content (AvgIpc) is 2.98. The minimum Gasteiger partial charge on any atom is -0.369 e. The van der Waals surface area contributed by atoms with Gasteiger partial charge in [0, 0.05) is 51.0 Å². The van der Waals surface area contributed by atoms with Crippen molar-refractivity contribution in [1.29, 1.82) is 0 Å². The second-order valence-electron chi connectivity index (χ2n) is 6.62. The van der Waals surface area contributed by atoms with Gasteiger partial charge < -0.3 is 9.47 Å². The lowest BCUT2D eigenvalue weighted by Gasteiger charge is -2.35. The zero-order valence-electron chi connectivity index (χ0n) is 14.7. The van der Waals surface area contributed by atoms with Crippen molar-refractivity contribution in [3.8, 4) is 0 Å². The van der Waals surface area contributed by atoms with E-state index in [2.05, 4.69) is 27.5 Å². The number of rotatable bonds is 4. The van der Waals surface area contributed by atoms with Gasteiger partial charge in [0.25, 0.3) is 5.69 Å². The fraction of sp³-hybridized carbons (Fsp3) is 0.316. The fourth-order valence-electron chi connectivity index (χ4n) is 3.50. The molecule has 1 aliphatic heterocycles. The number of benzene rings is 2. The molecular formula is C19H21N5O2. The summed E-state index contributed by atoms with van der Waals surface area (Å²) in [6.45, 7) is 4.34. The van der Waals surface area contributed by atoms with Crippen molar-refractivity contribution in [3.63, 3.8) is 0 Å². The van der Waals surface area contributed by atoms with Crippen LogP contribution in [0.5, 0.6) is 0 Å². The van der Waals surface area contributed by atoms with Crippen LogP contribution in [0.3, 0.4) is 0 Å². The summed E-state index contributed by atoms with van der Waals surface area (Å²) in [7, 11) is 2.06. The number of nitro benzene ring substituents is 1. The molecular weight excluding hydrogens is 330 g/mol. The topological polar surface area (TPSA) is 67.4 Å². The summed E-state index contributed by atoms with van der Waals surface area (Å²) in [4.78, 5) is 20.0. The number of imidazole rings is 1. The molecule has 2 aromatic carbocycles. The van der Waals surface area contributed by atoms with E-state index in [4.69, 9.17) is 4.98 Å². The van der Waals surface area contributed by atoms with Crippen LogP contribution in [0.25, 0.3) is 11.0 Å². The summed E-state index contributed by atoms with van der Waals surface area (Å²) in [6, 6.07) is 15.0. The average molecular weight is 351 g/mol. The zero-order valence-corrected chi connectivity index (χ0v) is 14.7. The van der Waals surface area contributed by atoms with Gasteiger partial charge in [0.15, 0.2) is 0 Å². The fourth-order valence-corrected chi connectivity index (χ4v) is 3.50. The molecule has 26 heavy (non-hydrogen) atoms. The minimum atomic E-state index is -0.342. The van der Waals surface area contributed by atoms with Crippen LogP contribution in [-0.2, 0) is 13.6 Å². The van der Waals surface area contributed by atoms with Crippen molar-refractivity contribution in [2.24, 2.45) is 7.05 Å². The molecule has 0 unspecified atom stereocenters. The molecule has 0 saturated carbocycles. The maximum absolute atomic E-state index is 11.0. The van der Waals surface area contributed by atoms with Gasteiger partial charge in [-0.2, -0.15) is 0 Å². The molecule has 134 valence electrons. The van der Waals surface area contributed by atoms with Crippen molar-refractivity contribution < 1.29 is 4.92 Å². The number of hydrogen-bond acceptors (Lipinski definition) is 5. The molecule has 0 N–H and O–H groups in total. The Morgan fingerprint density at radius 2 is 1.85 bits per heavy atom. The normalized spacial score (nSPS) is 15.5. The van der Waals surface area contributed by atoms with E-state index < -0.39 is 0 Å². The Hall–Kier alpha value is -2.93. The third kappa shape index (κ3) is 3.13. The van der Waals surface area contributed by atoms with E-state index in [0.29, 0.717) is 0 Å². The third-order valence-corrected chi connectivity index (χ3v) is 5.02. The van der Waals surface area contributed by atoms with E-state index in [1.807, 2.05) is 24.3 Å². The standard InChI is InChI=1S/C19H21N5O2/c1-21-18-8-3-2-7-17(18)20-19(21)14-22-9-11-23(12-10-22)15-5-4-6-16(13-15)24(25)26/h2-8,13H,9-12,14H2,1H3. The number of aromatic nitrogens is 2. The number of hydrogen-bond donors (Lipinski definition) is 0. The quantitative estimate of drug-likeness (QED) is 0.534. The molecule has 0 amide bonds. The molecule has 2 heterocycles. The molecule has 0 spiro atoms. The number of fused-ring (bicyclic) bond motifs is 1. The van der Waals surface area contributed by atoms with Gasteiger partial charge in [-0.3, -0.25) is 15.0 Å². The highest BCUT2D eigenvalue weighted by Gasteiger charge is 2.20. The predicted octanol–water partition coefficient (Wildman–Crippen LogP) is 2.80. The minimum absolute atomic E-state index is 0.143. The molecule has 7 nitrogen and oxygen atoms in total. The molecule has 1 aromatic heterocycles. The summed E-state index contributed by atoms with van der Waals surface area (Å²) in [6.07, 6.45) is 0. The zero-order chi connectivity index (χ0) is 18.1. The number of nitrogens with zero attached hydrogens (tertiary/aromatic N) is 5. The van der Waals surface area contributed by atoms with E-state index >= 15 is 0 Å². The molecule has 0 atom stereocenters. The van der Waals surface area contributed by atoms with Gasteiger partial charge in [-0.25, -0.2) is 4.98 Å².